The molecule has 0 heterocycles. The van der Waals surface area contributed by atoms with E-state index in [1.807, 2.05) is 46.8 Å². The minimum atomic E-state index is -1.11. The lowest BCUT2D eigenvalue weighted by Crippen LogP contribution is -2.34. The Morgan fingerprint density at radius 1 is 1.39 bits per heavy atom. The SMILES string of the molecule is Cc1c(Br)ccc([C@@H](C)N[S@](=O)C(C)(C)C)c1Cl. The summed E-state index contributed by atoms with van der Waals surface area (Å²) >= 11 is 9.77. The van der Waals surface area contributed by atoms with Crippen LogP contribution < -0.4 is 4.72 Å². The van der Waals surface area contributed by atoms with Crippen molar-refractivity contribution in [1.29, 1.82) is 0 Å². The fraction of sp³-hybridized carbons (Fsp3) is 0.538. The molecule has 0 spiro atoms. The molecular formula is C13H19BrClNOS. The van der Waals surface area contributed by atoms with Gasteiger partial charge in [-0.2, -0.15) is 0 Å². The summed E-state index contributed by atoms with van der Waals surface area (Å²) in [6, 6.07) is 3.87. The molecule has 0 saturated carbocycles. The van der Waals surface area contributed by atoms with Crippen molar-refractivity contribution in [3.8, 4) is 0 Å². The third kappa shape index (κ3) is 3.80. The minimum absolute atomic E-state index is 0.0515. The largest absolute Gasteiger partial charge is 0.242 e. The first kappa shape index (κ1) is 16.2. The van der Waals surface area contributed by atoms with Gasteiger partial charge in [-0.3, -0.25) is 0 Å². The molecule has 2 atom stereocenters. The normalized spacial score (nSPS) is 15.5. The van der Waals surface area contributed by atoms with Crippen LogP contribution in [0.5, 0.6) is 0 Å². The van der Waals surface area contributed by atoms with Crippen molar-refractivity contribution in [2.75, 3.05) is 0 Å². The molecule has 0 saturated heterocycles. The average molecular weight is 353 g/mol. The van der Waals surface area contributed by atoms with Crippen molar-refractivity contribution in [3.63, 3.8) is 0 Å². The highest BCUT2D eigenvalue weighted by Crippen LogP contribution is 2.31. The Balaban J connectivity index is 2.96. The van der Waals surface area contributed by atoms with Gasteiger partial charge in [0.2, 0.25) is 0 Å². The highest BCUT2D eigenvalue weighted by atomic mass is 79.9. The van der Waals surface area contributed by atoms with Crippen molar-refractivity contribution in [3.05, 3.63) is 32.8 Å². The summed E-state index contributed by atoms with van der Waals surface area (Å²) < 4.78 is 15.9. The molecule has 0 radical (unpaired) electrons. The maximum Gasteiger partial charge on any atom is 0.0975 e. The molecule has 1 aromatic carbocycles. The zero-order valence-electron chi connectivity index (χ0n) is 11.3. The highest BCUT2D eigenvalue weighted by molar-refractivity contribution is 9.10. The average Bonchev–Trinajstić information content (AvgIpc) is 2.24. The molecule has 0 aliphatic rings. The molecule has 0 aliphatic carbocycles. The molecule has 0 fully saturated rings. The summed E-state index contributed by atoms with van der Waals surface area (Å²) in [7, 11) is -1.11. The predicted molar refractivity (Wildman–Crippen MR) is 83.3 cm³/mol. The number of benzene rings is 1. The van der Waals surface area contributed by atoms with Crippen molar-refractivity contribution in [2.45, 2.75) is 45.4 Å². The van der Waals surface area contributed by atoms with Crippen molar-refractivity contribution in [2.24, 2.45) is 0 Å². The summed E-state index contributed by atoms with van der Waals surface area (Å²) in [5, 5.41) is 0.718. The zero-order chi connectivity index (χ0) is 14.1. The van der Waals surface area contributed by atoms with E-state index in [9.17, 15) is 4.21 Å². The molecule has 0 bridgehead atoms. The first-order valence-corrected chi connectivity index (χ1v) is 8.09. The first-order valence-electron chi connectivity index (χ1n) is 5.77. The van der Waals surface area contributed by atoms with Gasteiger partial charge in [-0.1, -0.05) is 33.6 Å². The summed E-state index contributed by atoms with van der Waals surface area (Å²) in [6.45, 7) is 9.76. The lowest BCUT2D eigenvalue weighted by Gasteiger charge is -2.23. The molecule has 0 aromatic heterocycles. The molecule has 0 aliphatic heterocycles. The topological polar surface area (TPSA) is 29.1 Å². The van der Waals surface area contributed by atoms with Gasteiger partial charge in [0, 0.05) is 15.5 Å². The Labute approximate surface area is 125 Å². The van der Waals surface area contributed by atoms with E-state index < -0.39 is 11.0 Å². The van der Waals surface area contributed by atoms with Crippen LogP contribution in [-0.2, 0) is 11.0 Å². The van der Waals surface area contributed by atoms with Crippen LogP contribution in [0.25, 0.3) is 0 Å². The van der Waals surface area contributed by atoms with Crippen molar-refractivity contribution < 1.29 is 4.21 Å². The molecule has 18 heavy (non-hydrogen) atoms. The van der Waals surface area contributed by atoms with E-state index in [1.54, 1.807) is 0 Å². The maximum atomic E-state index is 12.1. The Morgan fingerprint density at radius 2 is 1.94 bits per heavy atom. The van der Waals surface area contributed by atoms with Crippen LogP contribution in [0, 0.1) is 6.92 Å². The second-order valence-electron chi connectivity index (χ2n) is 5.30. The van der Waals surface area contributed by atoms with Gasteiger partial charge in [-0.25, -0.2) is 8.93 Å². The standard InChI is InChI=1S/C13H19BrClNOS/c1-8-11(14)7-6-10(12(8)15)9(2)16-18(17)13(3,4)5/h6-7,9,16H,1-5H3/t9-,18-/m1/s1. The Kier molecular flexibility index (Phi) is 5.42. The second kappa shape index (κ2) is 6.04. The monoisotopic (exact) mass is 351 g/mol. The predicted octanol–water partition coefficient (Wildman–Crippen LogP) is 4.52. The van der Waals surface area contributed by atoms with Crippen LogP contribution >= 0.6 is 27.5 Å². The quantitative estimate of drug-likeness (QED) is 0.851. The Hall–Kier alpha value is 0.1000. The van der Waals surface area contributed by atoms with Gasteiger partial charge in [0.05, 0.1) is 15.7 Å². The van der Waals surface area contributed by atoms with Crippen LogP contribution in [0.1, 0.15) is 44.9 Å². The highest BCUT2D eigenvalue weighted by Gasteiger charge is 2.23. The second-order valence-corrected chi connectivity index (χ2v) is 8.53. The molecule has 1 rings (SSSR count). The number of nitrogens with one attached hydrogen (secondary N) is 1. The van der Waals surface area contributed by atoms with E-state index in [0.29, 0.717) is 0 Å². The van der Waals surface area contributed by atoms with Gasteiger partial charge in [-0.15, -0.1) is 0 Å². The van der Waals surface area contributed by atoms with Crippen LogP contribution in [0.15, 0.2) is 16.6 Å². The fourth-order valence-electron chi connectivity index (χ4n) is 1.42. The van der Waals surface area contributed by atoms with Gasteiger partial charge in [0.1, 0.15) is 0 Å². The fourth-order valence-corrected chi connectivity index (χ4v) is 2.99. The van der Waals surface area contributed by atoms with E-state index in [1.165, 1.54) is 0 Å². The first-order chi connectivity index (χ1) is 8.14. The number of rotatable bonds is 3. The van der Waals surface area contributed by atoms with Crippen molar-refractivity contribution >= 4 is 38.5 Å². The van der Waals surface area contributed by atoms with Crippen LogP contribution in [0.3, 0.4) is 0 Å². The third-order valence-corrected chi connectivity index (χ3v) is 5.70. The lowest BCUT2D eigenvalue weighted by atomic mass is 10.1. The molecule has 102 valence electrons. The third-order valence-electron chi connectivity index (χ3n) is 2.66. The molecule has 0 amide bonds. The Bertz CT molecular complexity index is 471. The van der Waals surface area contributed by atoms with Gasteiger partial charge in [-0.05, 0) is 51.8 Å². The molecule has 1 N–H and O–H groups in total. The van der Waals surface area contributed by atoms with E-state index in [-0.39, 0.29) is 10.8 Å². The molecule has 5 heteroatoms. The maximum absolute atomic E-state index is 12.1. The number of hydrogen-bond donors (Lipinski definition) is 1. The van der Waals surface area contributed by atoms with Crippen molar-refractivity contribution in [1.82, 2.24) is 4.72 Å². The Morgan fingerprint density at radius 3 is 2.44 bits per heavy atom. The van der Waals surface area contributed by atoms with Gasteiger partial charge >= 0.3 is 0 Å². The molecule has 0 unspecified atom stereocenters. The minimum Gasteiger partial charge on any atom is -0.242 e. The summed E-state index contributed by atoms with van der Waals surface area (Å²) in [5.41, 5.74) is 1.97. The smallest absolute Gasteiger partial charge is 0.0975 e. The summed E-state index contributed by atoms with van der Waals surface area (Å²) in [4.78, 5) is 0. The van der Waals surface area contributed by atoms with Gasteiger partial charge in [0.15, 0.2) is 0 Å². The number of halogens is 2. The van der Waals surface area contributed by atoms with Crippen LogP contribution in [0.4, 0.5) is 0 Å². The van der Waals surface area contributed by atoms with Gasteiger partial charge in [0.25, 0.3) is 0 Å². The van der Waals surface area contributed by atoms with Crippen LogP contribution in [-0.4, -0.2) is 8.96 Å². The lowest BCUT2D eigenvalue weighted by molar-refractivity contribution is 0.616. The number of hydrogen-bond acceptors (Lipinski definition) is 1. The molecule has 2 nitrogen and oxygen atoms in total. The van der Waals surface area contributed by atoms with E-state index in [0.717, 1.165) is 20.6 Å². The van der Waals surface area contributed by atoms with Crippen LogP contribution in [0.2, 0.25) is 5.02 Å². The zero-order valence-corrected chi connectivity index (χ0v) is 14.5. The van der Waals surface area contributed by atoms with E-state index >= 15 is 0 Å². The molecular weight excluding hydrogens is 334 g/mol. The van der Waals surface area contributed by atoms with E-state index in [4.69, 9.17) is 11.6 Å². The van der Waals surface area contributed by atoms with E-state index in [2.05, 4.69) is 20.7 Å². The summed E-state index contributed by atoms with van der Waals surface area (Å²) in [5.74, 6) is 0. The molecule has 1 aromatic rings. The summed E-state index contributed by atoms with van der Waals surface area (Å²) in [6.07, 6.45) is 0. The van der Waals surface area contributed by atoms with Gasteiger partial charge < -0.3 is 0 Å².